The predicted molar refractivity (Wildman–Crippen MR) is 129 cm³/mol. The molecule has 3 aromatic rings. The number of nitrogens with zero attached hydrogens (tertiary/aromatic N) is 5. The summed E-state index contributed by atoms with van der Waals surface area (Å²) in [7, 11) is 3.03. The number of fused-ring (bicyclic) bond motifs is 1. The zero-order valence-corrected chi connectivity index (χ0v) is 20.1. The molecule has 11 heteroatoms. The van der Waals surface area contributed by atoms with Gasteiger partial charge in [-0.3, -0.25) is 13.9 Å². The van der Waals surface area contributed by atoms with E-state index in [0.29, 0.717) is 27.4 Å². The Morgan fingerprint density at radius 1 is 1.09 bits per heavy atom. The molecule has 1 fully saturated rings. The number of anilines is 1. The highest BCUT2D eigenvalue weighted by atomic mass is 35.5. The lowest BCUT2D eigenvalue weighted by atomic mass is 10.2. The summed E-state index contributed by atoms with van der Waals surface area (Å²) in [6, 6.07) is 4.86. The third-order valence-corrected chi connectivity index (χ3v) is 6.47. The molecule has 9 nitrogen and oxygen atoms in total. The molecule has 1 aromatic carbocycles. The fourth-order valence-electron chi connectivity index (χ4n) is 4.16. The van der Waals surface area contributed by atoms with Gasteiger partial charge in [-0.15, -0.1) is 0 Å². The maximum absolute atomic E-state index is 13.1. The van der Waals surface area contributed by atoms with Crippen LogP contribution in [0.5, 0.6) is 5.75 Å². The number of benzene rings is 1. The Hall–Kier alpha value is -2.49. The van der Waals surface area contributed by atoms with Crippen LogP contribution in [-0.4, -0.2) is 49.6 Å². The van der Waals surface area contributed by atoms with Crippen molar-refractivity contribution < 1.29 is 9.84 Å². The van der Waals surface area contributed by atoms with Gasteiger partial charge >= 0.3 is 5.69 Å². The van der Waals surface area contributed by atoms with E-state index in [2.05, 4.69) is 9.88 Å². The van der Waals surface area contributed by atoms with Gasteiger partial charge in [0.2, 0.25) is 5.95 Å². The Balaban J connectivity index is 1.70. The molecular weight excluding hydrogens is 469 g/mol. The van der Waals surface area contributed by atoms with Crippen molar-refractivity contribution in [2.75, 3.05) is 24.6 Å². The number of ether oxygens (including phenoxy) is 1. The zero-order valence-electron chi connectivity index (χ0n) is 18.6. The molecule has 33 heavy (non-hydrogen) atoms. The van der Waals surface area contributed by atoms with Gasteiger partial charge in [0.1, 0.15) is 18.5 Å². The van der Waals surface area contributed by atoms with Crippen LogP contribution in [0.15, 0.2) is 27.8 Å². The van der Waals surface area contributed by atoms with Gasteiger partial charge in [-0.05, 0) is 31.0 Å². The lowest BCUT2D eigenvalue weighted by Gasteiger charge is -2.23. The summed E-state index contributed by atoms with van der Waals surface area (Å²) in [6.45, 7) is 1.61. The molecule has 4 rings (SSSR count). The molecule has 0 radical (unpaired) electrons. The molecule has 178 valence electrons. The molecule has 3 heterocycles. The summed E-state index contributed by atoms with van der Waals surface area (Å²) < 4.78 is 9.82. The maximum Gasteiger partial charge on any atom is 0.332 e. The smallest absolute Gasteiger partial charge is 0.332 e. The van der Waals surface area contributed by atoms with Crippen LogP contribution in [0.4, 0.5) is 5.95 Å². The van der Waals surface area contributed by atoms with Crippen molar-refractivity contribution in [3.05, 3.63) is 49.1 Å². The molecule has 0 unspecified atom stereocenters. The van der Waals surface area contributed by atoms with Crippen molar-refractivity contribution in [1.82, 2.24) is 18.7 Å². The van der Waals surface area contributed by atoms with Gasteiger partial charge < -0.3 is 19.3 Å². The zero-order chi connectivity index (χ0) is 23.7. The molecule has 1 aliphatic heterocycles. The van der Waals surface area contributed by atoms with E-state index in [0.717, 1.165) is 43.3 Å². The summed E-state index contributed by atoms with van der Waals surface area (Å²) in [6.07, 6.45) is 3.34. The summed E-state index contributed by atoms with van der Waals surface area (Å²) in [4.78, 5) is 32.3. The molecule has 1 atom stereocenters. The number of hydrogen-bond donors (Lipinski definition) is 1. The second kappa shape index (κ2) is 9.79. The summed E-state index contributed by atoms with van der Waals surface area (Å²) in [5.41, 5.74) is -0.310. The Morgan fingerprint density at radius 2 is 1.79 bits per heavy atom. The minimum absolute atomic E-state index is 0.0491. The van der Waals surface area contributed by atoms with Crippen LogP contribution in [0.1, 0.15) is 25.7 Å². The van der Waals surface area contributed by atoms with E-state index in [1.165, 1.54) is 11.6 Å². The number of aryl methyl sites for hydroxylation is 1. The Kier molecular flexibility index (Phi) is 7.02. The van der Waals surface area contributed by atoms with Gasteiger partial charge in [0, 0.05) is 32.2 Å². The molecule has 0 saturated carbocycles. The van der Waals surface area contributed by atoms with Crippen molar-refractivity contribution in [1.29, 1.82) is 0 Å². The molecule has 1 saturated heterocycles. The Bertz CT molecular complexity index is 1270. The summed E-state index contributed by atoms with van der Waals surface area (Å²) in [5, 5.41) is 11.6. The average molecular weight is 496 g/mol. The van der Waals surface area contributed by atoms with E-state index in [1.54, 1.807) is 29.8 Å². The standard InChI is InChI=1S/C22H27Cl2N5O4/c1-26-19-18(20(31)27(2)22(26)32)29(21(25-19)28-9-5-3-4-6-10-28)12-15(30)13-33-17-8-7-14(23)11-16(17)24/h7-8,11,15,30H,3-6,9-10,12-13H2,1-2H3/t15-/m0/s1. The van der Waals surface area contributed by atoms with Gasteiger partial charge in [-0.1, -0.05) is 36.0 Å². The van der Waals surface area contributed by atoms with Crippen LogP contribution in [0.25, 0.3) is 11.2 Å². The minimum Gasteiger partial charge on any atom is -0.489 e. The van der Waals surface area contributed by atoms with Gasteiger partial charge in [0.25, 0.3) is 5.56 Å². The highest BCUT2D eigenvalue weighted by molar-refractivity contribution is 6.35. The van der Waals surface area contributed by atoms with Gasteiger partial charge in [-0.25, -0.2) is 4.79 Å². The molecule has 2 aromatic heterocycles. The van der Waals surface area contributed by atoms with E-state index in [1.807, 2.05) is 0 Å². The van der Waals surface area contributed by atoms with Crippen molar-refractivity contribution in [3.8, 4) is 5.75 Å². The molecule has 1 N–H and O–H groups in total. The van der Waals surface area contributed by atoms with Crippen molar-refractivity contribution >= 4 is 40.3 Å². The van der Waals surface area contributed by atoms with Crippen LogP contribution in [0, 0.1) is 0 Å². The fraction of sp³-hybridized carbons (Fsp3) is 0.500. The Morgan fingerprint density at radius 3 is 2.45 bits per heavy atom. The SMILES string of the molecule is Cn1c(=O)c2c(nc(N3CCCCCC3)n2C[C@H](O)COc2ccc(Cl)cc2Cl)n(C)c1=O. The number of rotatable bonds is 6. The van der Waals surface area contributed by atoms with Crippen LogP contribution in [0.3, 0.4) is 0 Å². The monoisotopic (exact) mass is 495 g/mol. The molecule has 1 aliphatic rings. The fourth-order valence-corrected chi connectivity index (χ4v) is 4.62. The summed E-state index contributed by atoms with van der Waals surface area (Å²) >= 11 is 12.1. The highest BCUT2D eigenvalue weighted by Gasteiger charge is 2.25. The first kappa shape index (κ1) is 23.7. The molecule has 0 bridgehead atoms. The van der Waals surface area contributed by atoms with Gasteiger partial charge in [0.15, 0.2) is 11.2 Å². The maximum atomic E-state index is 13.1. The van der Waals surface area contributed by atoms with Crippen LogP contribution < -0.4 is 20.9 Å². The first-order chi connectivity index (χ1) is 15.8. The van der Waals surface area contributed by atoms with Crippen LogP contribution in [0.2, 0.25) is 10.0 Å². The Labute approximate surface area is 200 Å². The normalized spacial score (nSPS) is 15.6. The first-order valence-electron chi connectivity index (χ1n) is 10.9. The van der Waals surface area contributed by atoms with Crippen molar-refractivity contribution in [2.45, 2.75) is 38.3 Å². The predicted octanol–water partition coefficient (Wildman–Crippen LogP) is 2.56. The van der Waals surface area contributed by atoms with Gasteiger partial charge in [0.05, 0.1) is 11.6 Å². The number of aliphatic hydroxyl groups excluding tert-OH is 1. The molecule has 0 spiro atoms. The second-order valence-electron chi connectivity index (χ2n) is 8.34. The quantitative estimate of drug-likeness (QED) is 0.564. The van der Waals surface area contributed by atoms with Crippen LogP contribution >= 0.6 is 23.2 Å². The lowest BCUT2D eigenvalue weighted by Crippen LogP contribution is -2.38. The molecular formula is C22H27Cl2N5O4. The van der Waals surface area contributed by atoms with Crippen LogP contribution in [-0.2, 0) is 20.6 Å². The number of halogens is 2. The number of aromatic nitrogens is 4. The van der Waals surface area contributed by atoms with E-state index in [-0.39, 0.29) is 18.7 Å². The topological polar surface area (TPSA) is 94.5 Å². The third-order valence-electron chi connectivity index (χ3n) is 5.94. The van der Waals surface area contributed by atoms with Gasteiger partial charge in [-0.2, -0.15) is 4.98 Å². The van der Waals surface area contributed by atoms with E-state index >= 15 is 0 Å². The molecule has 0 amide bonds. The van der Waals surface area contributed by atoms with E-state index in [4.69, 9.17) is 27.9 Å². The largest absolute Gasteiger partial charge is 0.489 e. The van der Waals surface area contributed by atoms with E-state index in [9.17, 15) is 14.7 Å². The average Bonchev–Trinajstić information content (AvgIpc) is 2.96. The lowest BCUT2D eigenvalue weighted by molar-refractivity contribution is 0.0937. The van der Waals surface area contributed by atoms with E-state index < -0.39 is 17.4 Å². The highest BCUT2D eigenvalue weighted by Crippen LogP contribution is 2.28. The van der Waals surface area contributed by atoms with Crippen molar-refractivity contribution in [2.24, 2.45) is 14.1 Å². The number of imidazole rings is 1. The van der Waals surface area contributed by atoms with Crippen molar-refractivity contribution in [3.63, 3.8) is 0 Å². The third kappa shape index (κ3) is 4.76. The first-order valence-corrected chi connectivity index (χ1v) is 11.7. The number of aliphatic hydroxyl groups is 1. The second-order valence-corrected chi connectivity index (χ2v) is 9.18. The number of hydrogen-bond acceptors (Lipinski definition) is 6. The minimum atomic E-state index is -0.957. The molecule has 0 aliphatic carbocycles. The summed E-state index contributed by atoms with van der Waals surface area (Å²) in [5.74, 6) is 0.982.